The van der Waals surface area contributed by atoms with E-state index in [1.54, 1.807) is 42.6 Å². The van der Waals surface area contributed by atoms with Crippen LogP contribution in [0.2, 0.25) is 0 Å². The first-order valence-corrected chi connectivity index (χ1v) is 10.5. The largest absolute Gasteiger partial charge is 0.276 e. The molecule has 9 heteroatoms. The van der Waals surface area contributed by atoms with Crippen molar-refractivity contribution in [1.82, 2.24) is 4.98 Å². The Labute approximate surface area is 180 Å². The second kappa shape index (κ2) is 8.85. The number of thiazole rings is 1. The average molecular weight is 435 g/mol. The summed E-state index contributed by atoms with van der Waals surface area (Å²) in [4.78, 5) is 34.5. The molecule has 0 radical (unpaired) electrons. The van der Waals surface area contributed by atoms with Gasteiger partial charge in [-0.3, -0.25) is 19.8 Å². The van der Waals surface area contributed by atoms with Gasteiger partial charge in [0.1, 0.15) is 0 Å². The molecule has 2 aromatic carbocycles. The van der Waals surface area contributed by atoms with Crippen molar-refractivity contribution < 1.29 is 9.72 Å². The summed E-state index contributed by atoms with van der Waals surface area (Å²) in [5.74, 6) is -0.214. The number of aromatic nitrogens is 1. The monoisotopic (exact) mass is 434 g/mol. The fourth-order valence-corrected chi connectivity index (χ4v) is 4.25. The van der Waals surface area contributed by atoms with Crippen molar-refractivity contribution in [3.63, 3.8) is 0 Å². The zero-order valence-corrected chi connectivity index (χ0v) is 17.0. The minimum atomic E-state index is -0.432. The molecule has 0 bridgehead atoms. The molecule has 4 rings (SSSR count). The van der Waals surface area contributed by atoms with Gasteiger partial charge in [0.2, 0.25) is 5.13 Å². The van der Waals surface area contributed by atoms with E-state index in [2.05, 4.69) is 9.98 Å². The quantitative estimate of drug-likeness (QED) is 0.304. The van der Waals surface area contributed by atoms with Gasteiger partial charge in [-0.1, -0.05) is 36.4 Å². The molecule has 2 heterocycles. The first-order chi connectivity index (χ1) is 14.6. The summed E-state index contributed by atoms with van der Waals surface area (Å²) in [6.07, 6.45) is 6.55. The lowest BCUT2D eigenvalue weighted by Crippen LogP contribution is -2.28. The zero-order chi connectivity index (χ0) is 20.9. The highest BCUT2D eigenvalue weighted by Gasteiger charge is 2.34. The number of nitro benzene ring substituents is 1. The number of carbonyl (C=O) groups excluding carboxylic acids is 1. The van der Waals surface area contributed by atoms with Gasteiger partial charge in [0.15, 0.2) is 5.17 Å². The van der Waals surface area contributed by atoms with Crippen LogP contribution in [0.4, 0.5) is 16.5 Å². The molecule has 0 saturated carbocycles. The summed E-state index contributed by atoms with van der Waals surface area (Å²) in [5.41, 5.74) is 1.18. The summed E-state index contributed by atoms with van der Waals surface area (Å²) < 4.78 is 0. The minimum absolute atomic E-state index is 0.00878. The molecule has 0 atom stereocenters. The highest BCUT2D eigenvalue weighted by atomic mass is 32.2. The standard InChI is InChI=1S/C21H14N4O3S2/c26-19-18(12-6-8-15-7-4-5-11-17(15)25(27)28)30-21(23-20-22-13-14-29-20)24(19)16-9-2-1-3-10-16/h1-14H/b8-6+,18-12-,23-21+. The highest BCUT2D eigenvalue weighted by Crippen LogP contribution is 2.36. The Bertz CT molecular complexity index is 1170. The van der Waals surface area contributed by atoms with E-state index < -0.39 is 4.92 Å². The van der Waals surface area contributed by atoms with Crippen LogP contribution in [0, 0.1) is 10.1 Å². The number of carbonyl (C=O) groups is 1. The molecule has 0 N–H and O–H groups in total. The first kappa shape index (κ1) is 19.7. The van der Waals surface area contributed by atoms with Crippen molar-refractivity contribution in [2.75, 3.05) is 4.90 Å². The van der Waals surface area contributed by atoms with Crippen LogP contribution in [0.15, 0.2) is 88.2 Å². The van der Waals surface area contributed by atoms with Crippen LogP contribution in [0.5, 0.6) is 0 Å². The number of nitrogens with zero attached hydrogens (tertiary/aromatic N) is 4. The Balaban J connectivity index is 1.66. The van der Waals surface area contributed by atoms with Crippen molar-refractivity contribution in [2.45, 2.75) is 0 Å². The third-order valence-corrected chi connectivity index (χ3v) is 5.74. The maximum Gasteiger partial charge on any atom is 0.276 e. The Kier molecular flexibility index (Phi) is 5.82. The van der Waals surface area contributed by atoms with Crippen LogP contribution < -0.4 is 4.90 Å². The van der Waals surface area contributed by atoms with Gasteiger partial charge in [-0.2, -0.15) is 4.99 Å². The fraction of sp³-hybridized carbons (Fsp3) is 0. The summed E-state index contributed by atoms with van der Waals surface area (Å²) in [6, 6.07) is 15.7. The highest BCUT2D eigenvalue weighted by molar-refractivity contribution is 8.19. The number of anilines is 1. The number of thioether (sulfide) groups is 1. The van der Waals surface area contributed by atoms with Crippen molar-refractivity contribution in [3.8, 4) is 0 Å². The molecule has 1 fully saturated rings. The molecular formula is C21H14N4O3S2. The molecule has 148 valence electrons. The number of amidine groups is 1. The summed E-state index contributed by atoms with van der Waals surface area (Å²) >= 11 is 2.62. The predicted octanol–water partition coefficient (Wildman–Crippen LogP) is 5.42. The van der Waals surface area contributed by atoms with Gasteiger partial charge in [0, 0.05) is 17.6 Å². The Morgan fingerprint density at radius 2 is 1.87 bits per heavy atom. The summed E-state index contributed by atoms with van der Waals surface area (Å²) in [6.45, 7) is 0. The van der Waals surface area contributed by atoms with Crippen LogP contribution in [-0.4, -0.2) is 21.0 Å². The van der Waals surface area contributed by atoms with Crippen LogP contribution in [0.3, 0.4) is 0 Å². The van der Waals surface area contributed by atoms with Crippen LogP contribution >= 0.6 is 23.1 Å². The molecule has 30 heavy (non-hydrogen) atoms. The van der Waals surface area contributed by atoms with Gasteiger partial charge in [-0.15, -0.1) is 11.3 Å². The number of benzene rings is 2. The second-order valence-electron chi connectivity index (χ2n) is 5.99. The van der Waals surface area contributed by atoms with E-state index in [1.807, 2.05) is 35.7 Å². The number of aliphatic imine (C=N–C) groups is 1. The van der Waals surface area contributed by atoms with E-state index >= 15 is 0 Å². The van der Waals surface area contributed by atoms with Crippen LogP contribution in [0.1, 0.15) is 5.56 Å². The first-order valence-electron chi connectivity index (χ1n) is 8.81. The molecule has 1 aromatic heterocycles. The van der Waals surface area contributed by atoms with Gasteiger partial charge in [0.25, 0.3) is 11.6 Å². The van der Waals surface area contributed by atoms with E-state index in [-0.39, 0.29) is 11.6 Å². The van der Waals surface area contributed by atoms with Gasteiger partial charge in [-0.25, -0.2) is 4.98 Å². The number of hydrogen-bond acceptors (Lipinski definition) is 7. The normalized spacial score (nSPS) is 16.8. The van der Waals surface area contributed by atoms with Crippen molar-refractivity contribution in [3.05, 3.63) is 98.9 Å². The smallest absolute Gasteiger partial charge is 0.268 e. The van der Waals surface area contributed by atoms with E-state index in [0.717, 1.165) is 0 Å². The summed E-state index contributed by atoms with van der Waals surface area (Å²) in [5, 5.41) is 14.0. The van der Waals surface area contributed by atoms with E-state index in [9.17, 15) is 14.9 Å². The van der Waals surface area contributed by atoms with E-state index in [0.29, 0.717) is 26.5 Å². The number of amides is 1. The van der Waals surface area contributed by atoms with Gasteiger partial charge < -0.3 is 0 Å². The van der Waals surface area contributed by atoms with E-state index in [1.165, 1.54) is 34.1 Å². The molecule has 0 unspecified atom stereocenters. The van der Waals surface area contributed by atoms with Crippen molar-refractivity contribution in [1.29, 1.82) is 0 Å². The molecule has 7 nitrogen and oxygen atoms in total. The molecule has 1 amide bonds. The third-order valence-electron chi connectivity index (χ3n) is 4.09. The lowest BCUT2D eigenvalue weighted by molar-refractivity contribution is -0.385. The van der Waals surface area contributed by atoms with Gasteiger partial charge in [0.05, 0.1) is 21.1 Å². The fourth-order valence-electron chi connectivity index (χ4n) is 2.75. The Hall–Kier alpha value is -3.56. The molecule has 1 aliphatic heterocycles. The third kappa shape index (κ3) is 4.22. The lowest BCUT2D eigenvalue weighted by atomic mass is 10.1. The lowest BCUT2D eigenvalue weighted by Gasteiger charge is -2.14. The molecule has 1 saturated heterocycles. The van der Waals surface area contributed by atoms with Gasteiger partial charge in [-0.05, 0) is 42.1 Å². The Morgan fingerprint density at radius 1 is 1.10 bits per heavy atom. The predicted molar refractivity (Wildman–Crippen MR) is 121 cm³/mol. The Morgan fingerprint density at radius 3 is 2.60 bits per heavy atom. The topological polar surface area (TPSA) is 88.7 Å². The second-order valence-corrected chi connectivity index (χ2v) is 7.88. The maximum atomic E-state index is 13.1. The molecule has 0 aliphatic carbocycles. The van der Waals surface area contributed by atoms with Crippen LogP contribution in [0.25, 0.3) is 6.08 Å². The zero-order valence-electron chi connectivity index (χ0n) is 15.4. The average Bonchev–Trinajstić information content (AvgIpc) is 3.37. The van der Waals surface area contributed by atoms with E-state index in [4.69, 9.17) is 0 Å². The number of nitro groups is 1. The summed E-state index contributed by atoms with van der Waals surface area (Å²) in [7, 11) is 0. The van der Waals surface area contributed by atoms with Crippen molar-refractivity contribution in [2.24, 2.45) is 4.99 Å². The minimum Gasteiger partial charge on any atom is -0.268 e. The number of hydrogen-bond donors (Lipinski definition) is 0. The van der Waals surface area contributed by atoms with Gasteiger partial charge >= 0.3 is 0 Å². The van der Waals surface area contributed by atoms with Crippen LogP contribution in [-0.2, 0) is 4.79 Å². The molecular weight excluding hydrogens is 420 g/mol. The molecule has 1 aliphatic rings. The maximum absolute atomic E-state index is 13.1. The molecule has 0 spiro atoms. The number of allylic oxidation sites excluding steroid dienone is 2. The SMILES string of the molecule is O=C1/C(=C/C=C/c2ccccc2[N+](=O)[O-])S/C(=N/c2nccs2)N1c1ccccc1. The van der Waals surface area contributed by atoms with Crippen molar-refractivity contribution >= 4 is 56.8 Å². The number of para-hydroxylation sites is 2. The number of rotatable bonds is 5. The molecule has 3 aromatic rings.